The van der Waals surface area contributed by atoms with Crippen molar-refractivity contribution in [3.63, 3.8) is 0 Å². The molecule has 0 aromatic carbocycles. The van der Waals surface area contributed by atoms with Crippen LogP contribution in [0.3, 0.4) is 0 Å². The minimum atomic E-state index is -0.0468. The van der Waals surface area contributed by atoms with Gasteiger partial charge in [0.1, 0.15) is 11.5 Å². The van der Waals surface area contributed by atoms with Crippen molar-refractivity contribution in [2.24, 2.45) is 0 Å². The molecule has 4 heterocycles. The van der Waals surface area contributed by atoms with Gasteiger partial charge in [0.15, 0.2) is 5.82 Å². The van der Waals surface area contributed by atoms with Gasteiger partial charge in [-0.3, -0.25) is 9.78 Å². The van der Waals surface area contributed by atoms with Crippen LogP contribution in [-0.4, -0.2) is 72.2 Å². The zero-order valence-corrected chi connectivity index (χ0v) is 16.4. The van der Waals surface area contributed by atoms with Crippen LogP contribution in [0.4, 0.5) is 5.82 Å². The number of nitrogens with zero attached hydrogens (tertiary/aromatic N) is 5. The molecule has 0 bridgehead atoms. The second-order valence-corrected chi connectivity index (χ2v) is 7.37. The number of rotatable bonds is 4. The Morgan fingerprint density at radius 3 is 2.96 bits per heavy atom. The summed E-state index contributed by atoms with van der Waals surface area (Å²) in [4.78, 5) is 30.6. The van der Waals surface area contributed by atoms with E-state index in [-0.39, 0.29) is 12.0 Å². The summed E-state index contributed by atoms with van der Waals surface area (Å²) in [6.45, 7) is 3.42. The van der Waals surface area contributed by atoms with Gasteiger partial charge in [0.05, 0.1) is 31.4 Å². The molecule has 0 saturated carbocycles. The number of aromatic nitrogens is 3. The standard InChI is InChI=1S/C20H26N6O2/c1-25(2)20-15-6-9-26(18(27)11-14-12-21-8-10-28-14)13-17(15)23-19(24-20)16-5-3-4-7-22-16/h3-5,7,14,21H,6,8-13H2,1-2H3/t14-/m1/s1. The van der Waals surface area contributed by atoms with E-state index in [0.717, 1.165) is 42.3 Å². The maximum atomic E-state index is 12.8. The molecule has 1 N–H and O–H groups in total. The second-order valence-electron chi connectivity index (χ2n) is 7.37. The Labute approximate surface area is 164 Å². The maximum Gasteiger partial charge on any atom is 0.225 e. The van der Waals surface area contributed by atoms with Crippen LogP contribution in [0.25, 0.3) is 11.5 Å². The first-order chi connectivity index (χ1) is 13.6. The Balaban J connectivity index is 1.58. The lowest BCUT2D eigenvalue weighted by molar-refractivity contribution is -0.135. The Bertz CT molecular complexity index is 836. The van der Waals surface area contributed by atoms with E-state index in [9.17, 15) is 4.79 Å². The van der Waals surface area contributed by atoms with Crippen molar-refractivity contribution in [2.75, 3.05) is 45.2 Å². The fourth-order valence-electron chi connectivity index (χ4n) is 3.68. The molecular formula is C20H26N6O2. The predicted molar refractivity (Wildman–Crippen MR) is 106 cm³/mol. The summed E-state index contributed by atoms with van der Waals surface area (Å²) in [5.74, 6) is 1.61. The molecule has 1 atom stereocenters. The SMILES string of the molecule is CN(C)c1nc(-c2ccccn2)nc2c1CCN(C(=O)C[C@@H]1CNCCO1)C2. The van der Waals surface area contributed by atoms with Gasteiger partial charge in [0.2, 0.25) is 5.91 Å². The number of carbonyl (C=O) groups is 1. The van der Waals surface area contributed by atoms with Crippen molar-refractivity contribution in [2.45, 2.75) is 25.5 Å². The molecule has 1 amide bonds. The molecule has 2 aromatic heterocycles. The molecule has 0 radical (unpaired) electrons. The molecule has 8 nitrogen and oxygen atoms in total. The Hall–Kier alpha value is -2.58. The number of morpholine rings is 1. The van der Waals surface area contributed by atoms with Crippen LogP contribution < -0.4 is 10.2 Å². The van der Waals surface area contributed by atoms with Crippen LogP contribution >= 0.6 is 0 Å². The largest absolute Gasteiger partial charge is 0.375 e. The summed E-state index contributed by atoms with van der Waals surface area (Å²) < 4.78 is 5.69. The topological polar surface area (TPSA) is 83.5 Å². The van der Waals surface area contributed by atoms with Crippen molar-refractivity contribution >= 4 is 11.7 Å². The van der Waals surface area contributed by atoms with Crippen molar-refractivity contribution < 1.29 is 9.53 Å². The van der Waals surface area contributed by atoms with Crippen LogP contribution in [0.5, 0.6) is 0 Å². The summed E-state index contributed by atoms with van der Waals surface area (Å²) in [6.07, 6.45) is 2.85. The van der Waals surface area contributed by atoms with Gasteiger partial charge in [-0.25, -0.2) is 9.97 Å². The van der Waals surface area contributed by atoms with E-state index in [1.165, 1.54) is 0 Å². The van der Waals surface area contributed by atoms with Crippen LogP contribution in [0.1, 0.15) is 17.7 Å². The minimum Gasteiger partial charge on any atom is -0.375 e. The number of anilines is 1. The van der Waals surface area contributed by atoms with E-state index in [2.05, 4.69) is 10.3 Å². The number of hydrogen-bond donors (Lipinski definition) is 1. The van der Waals surface area contributed by atoms with Crippen molar-refractivity contribution in [1.82, 2.24) is 25.2 Å². The zero-order valence-electron chi connectivity index (χ0n) is 16.4. The highest BCUT2D eigenvalue weighted by Crippen LogP contribution is 2.28. The average molecular weight is 382 g/mol. The maximum absolute atomic E-state index is 12.8. The molecule has 0 unspecified atom stereocenters. The first-order valence-electron chi connectivity index (χ1n) is 9.70. The molecule has 4 rings (SSSR count). The quantitative estimate of drug-likeness (QED) is 0.840. The van der Waals surface area contributed by atoms with Gasteiger partial charge < -0.3 is 19.9 Å². The monoisotopic (exact) mass is 382 g/mol. The van der Waals surface area contributed by atoms with E-state index in [1.54, 1.807) is 6.20 Å². The average Bonchev–Trinajstić information content (AvgIpc) is 2.73. The Morgan fingerprint density at radius 2 is 2.25 bits per heavy atom. The fraction of sp³-hybridized carbons (Fsp3) is 0.500. The third-order valence-electron chi connectivity index (χ3n) is 5.12. The summed E-state index contributed by atoms with van der Waals surface area (Å²) in [6, 6.07) is 5.70. The van der Waals surface area contributed by atoms with Crippen LogP contribution in [0.15, 0.2) is 24.4 Å². The summed E-state index contributed by atoms with van der Waals surface area (Å²) >= 11 is 0. The fourth-order valence-corrected chi connectivity index (χ4v) is 3.68. The van der Waals surface area contributed by atoms with Gasteiger partial charge in [-0.2, -0.15) is 0 Å². The highest BCUT2D eigenvalue weighted by atomic mass is 16.5. The van der Waals surface area contributed by atoms with Gasteiger partial charge in [-0.05, 0) is 18.6 Å². The number of ether oxygens (including phenoxy) is 1. The van der Waals surface area contributed by atoms with Crippen molar-refractivity contribution in [1.29, 1.82) is 0 Å². The minimum absolute atomic E-state index is 0.0468. The smallest absolute Gasteiger partial charge is 0.225 e. The highest BCUT2D eigenvalue weighted by Gasteiger charge is 2.28. The number of pyridine rings is 1. The summed E-state index contributed by atoms with van der Waals surface area (Å²) in [5, 5.41) is 3.28. The molecule has 8 heteroatoms. The molecule has 0 spiro atoms. The van der Waals surface area contributed by atoms with E-state index in [0.29, 0.717) is 31.9 Å². The number of carbonyl (C=O) groups excluding carboxylic acids is 1. The Kier molecular flexibility index (Phi) is 5.50. The third kappa shape index (κ3) is 3.98. The number of hydrogen-bond acceptors (Lipinski definition) is 7. The van der Waals surface area contributed by atoms with E-state index in [4.69, 9.17) is 14.7 Å². The third-order valence-corrected chi connectivity index (χ3v) is 5.12. The summed E-state index contributed by atoms with van der Waals surface area (Å²) in [5.41, 5.74) is 2.75. The van der Waals surface area contributed by atoms with Gasteiger partial charge in [0.25, 0.3) is 0 Å². The normalized spacial score (nSPS) is 19.2. The number of amides is 1. The van der Waals surface area contributed by atoms with E-state index < -0.39 is 0 Å². The van der Waals surface area contributed by atoms with Gasteiger partial charge in [-0.15, -0.1) is 0 Å². The number of fused-ring (bicyclic) bond motifs is 1. The number of nitrogens with one attached hydrogen (secondary N) is 1. The van der Waals surface area contributed by atoms with Crippen LogP contribution in [-0.2, 0) is 22.5 Å². The lowest BCUT2D eigenvalue weighted by Crippen LogP contribution is -2.44. The molecule has 28 heavy (non-hydrogen) atoms. The second kappa shape index (κ2) is 8.20. The van der Waals surface area contributed by atoms with Gasteiger partial charge >= 0.3 is 0 Å². The molecule has 0 aliphatic carbocycles. The van der Waals surface area contributed by atoms with Crippen molar-refractivity contribution in [3.05, 3.63) is 35.7 Å². The van der Waals surface area contributed by atoms with Crippen molar-refractivity contribution in [3.8, 4) is 11.5 Å². The molecule has 2 aliphatic heterocycles. The summed E-state index contributed by atoms with van der Waals surface area (Å²) in [7, 11) is 3.96. The van der Waals surface area contributed by atoms with E-state index in [1.807, 2.05) is 42.1 Å². The Morgan fingerprint density at radius 1 is 1.36 bits per heavy atom. The zero-order chi connectivity index (χ0) is 19.5. The van der Waals surface area contributed by atoms with Gasteiger partial charge in [0, 0.05) is 45.5 Å². The van der Waals surface area contributed by atoms with Crippen LogP contribution in [0.2, 0.25) is 0 Å². The first-order valence-corrected chi connectivity index (χ1v) is 9.70. The molecule has 1 fully saturated rings. The molecule has 148 valence electrons. The molecule has 1 saturated heterocycles. The lowest BCUT2D eigenvalue weighted by Gasteiger charge is -2.32. The molecular weight excluding hydrogens is 356 g/mol. The van der Waals surface area contributed by atoms with Crippen LogP contribution in [0, 0.1) is 0 Å². The van der Waals surface area contributed by atoms with Gasteiger partial charge in [-0.1, -0.05) is 6.07 Å². The predicted octanol–water partition coefficient (Wildman–Crippen LogP) is 0.868. The molecule has 2 aliphatic rings. The van der Waals surface area contributed by atoms with E-state index >= 15 is 0 Å². The first kappa shape index (κ1) is 18.8. The highest BCUT2D eigenvalue weighted by molar-refractivity contribution is 5.77. The lowest BCUT2D eigenvalue weighted by atomic mass is 10.0. The molecule has 2 aromatic rings.